The van der Waals surface area contributed by atoms with Crippen LogP contribution in [0, 0.1) is 0 Å². The minimum absolute atomic E-state index is 0.0242. The highest BCUT2D eigenvalue weighted by molar-refractivity contribution is 5.54. The molecule has 0 aromatic heterocycles. The molecule has 0 amide bonds. The van der Waals surface area contributed by atoms with E-state index >= 15 is 0 Å². The first-order valence-corrected chi connectivity index (χ1v) is 4.86. The summed E-state index contributed by atoms with van der Waals surface area (Å²) in [5.74, 6) is 1.86. The number of benzene rings is 1. The third kappa shape index (κ3) is 1.85. The fourth-order valence-corrected chi connectivity index (χ4v) is 1.56. The summed E-state index contributed by atoms with van der Waals surface area (Å²) in [5.41, 5.74) is 0.753. The predicted octanol–water partition coefficient (Wildman–Crippen LogP) is 1.35. The highest BCUT2D eigenvalue weighted by Gasteiger charge is 2.22. The Labute approximate surface area is 88.4 Å². The third-order valence-corrected chi connectivity index (χ3v) is 2.27. The van der Waals surface area contributed by atoms with Gasteiger partial charge in [-0.15, -0.1) is 0 Å². The van der Waals surface area contributed by atoms with Crippen LogP contribution in [0.2, 0.25) is 0 Å². The highest BCUT2D eigenvalue weighted by atomic mass is 16.6. The van der Waals surface area contributed by atoms with E-state index in [1.54, 1.807) is 19.2 Å². The minimum atomic E-state index is -0.0403. The van der Waals surface area contributed by atoms with Crippen molar-refractivity contribution < 1.29 is 19.3 Å². The molecule has 0 saturated carbocycles. The predicted molar refractivity (Wildman–Crippen MR) is 54.5 cm³/mol. The molecular weight excluding hydrogens is 196 g/mol. The summed E-state index contributed by atoms with van der Waals surface area (Å²) >= 11 is 0. The van der Waals surface area contributed by atoms with Gasteiger partial charge in [-0.2, -0.15) is 0 Å². The third-order valence-electron chi connectivity index (χ3n) is 2.27. The Morgan fingerprint density at radius 1 is 1.53 bits per heavy atom. The second-order valence-corrected chi connectivity index (χ2v) is 3.52. The molecule has 1 aliphatic rings. The van der Waals surface area contributed by atoms with Gasteiger partial charge in [0.1, 0.15) is 12.7 Å². The zero-order valence-electron chi connectivity index (χ0n) is 8.82. The fourth-order valence-electron chi connectivity index (χ4n) is 1.56. The number of methoxy groups -OCH3 is 1. The Hall–Kier alpha value is -1.42. The second kappa shape index (κ2) is 3.98. The van der Waals surface area contributed by atoms with Gasteiger partial charge in [0.15, 0.2) is 11.5 Å². The van der Waals surface area contributed by atoms with E-state index in [1.807, 2.05) is 6.92 Å². The zero-order valence-corrected chi connectivity index (χ0v) is 8.82. The number of rotatable bonds is 2. The van der Waals surface area contributed by atoms with Crippen LogP contribution in [0.5, 0.6) is 17.2 Å². The van der Waals surface area contributed by atoms with Gasteiger partial charge in [0.2, 0.25) is 5.75 Å². The van der Waals surface area contributed by atoms with Crippen molar-refractivity contribution in [1.29, 1.82) is 0 Å². The second-order valence-electron chi connectivity index (χ2n) is 3.52. The Morgan fingerprint density at radius 2 is 2.33 bits per heavy atom. The van der Waals surface area contributed by atoms with Crippen molar-refractivity contribution in [2.75, 3.05) is 13.7 Å². The Morgan fingerprint density at radius 3 is 3.00 bits per heavy atom. The van der Waals surface area contributed by atoms with E-state index in [0.29, 0.717) is 23.9 Å². The van der Waals surface area contributed by atoms with Crippen LogP contribution < -0.4 is 14.2 Å². The molecule has 0 radical (unpaired) electrons. The lowest BCUT2D eigenvalue weighted by atomic mass is 10.2. The van der Waals surface area contributed by atoms with Crippen molar-refractivity contribution in [3.05, 3.63) is 17.7 Å². The Balaban J connectivity index is 2.44. The lowest BCUT2D eigenvalue weighted by Gasteiger charge is -2.25. The minimum Gasteiger partial charge on any atom is -0.493 e. The van der Waals surface area contributed by atoms with E-state index < -0.39 is 0 Å². The molecular formula is C11H14O4. The van der Waals surface area contributed by atoms with Crippen molar-refractivity contribution in [1.82, 2.24) is 0 Å². The van der Waals surface area contributed by atoms with Crippen molar-refractivity contribution >= 4 is 0 Å². The van der Waals surface area contributed by atoms with Gasteiger partial charge in [-0.05, 0) is 24.6 Å². The van der Waals surface area contributed by atoms with Crippen molar-refractivity contribution in [2.24, 2.45) is 0 Å². The van der Waals surface area contributed by atoms with Gasteiger partial charge in [-0.25, -0.2) is 0 Å². The smallest absolute Gasteiger partial charge is 0.203 e. The Bertz CT molecular complexity index is 362. The van der Waals surface area contributed by atoms with Crippen LogP contribution in [-0.2, 0) is 6.61 Å². The molecule has 0 aliphatic carbocycles. The molecule has 0 saturated heterocycles. The van der Waals surface area contributed by atoms with Gasteiger partial charge in [0, 0.05) is 0 Å². The van der Waals surface area contributed by atoms with Crippen LogP contribution in [0.15, 0.2) is 12.1 Å². The Kier molecular flexibility index (Phi) is 2.68. The van der Waals surface area contributed by atoms with Crippen LogP contribution in [0.3, 0.4) is 0 Å². The maximum atomic E-state index is 9.07. The average molecular weight is 210 g/mol. The van der Waals surface area contributed by atoms with Gasteiger partial charge < -0.3 is 19.3 Å². The summed E-state index contributed by atoms with van der Waals surface area (Å²) in [6, 6.07) is 3.52. The van der Waals surface area contributed by atoms with Crippen LogP contribution in [0.4, 0.5) is 0 Å². The molecule has 1 aliphatic heterocycles. The lowest BCUT2D eigenvalue weighted by molar-refractivity contribution is 0.0999. The summed E-state index contributed by atoms with van der Waals surface area (Å²) in [4.78, 5) is 0. The molecule has 1 aromatic carbocycles. The summed E-state index contributed by atoms with van der Waals surface area (Å²) in [6.07, 6.45) is 0.0242. The maximum Gasteiger partial charge on any atom is 0.203 e. The van der Waals surface area contributed by atoms with Gasteiger partial charge in [-0.3, -0.25) is 0 Å². The van der Waals surface area contributed by atoms with Gasteiger partial charge in [-0.1, -0.05) is 0 Å². The molecule has 0 fully saturated rings. The number of ether oxygens (including phenoxy) is 3. The van der Waals surface area contributed by atoms with Crippen LogP contribution in [0.1, 0.15) is 12.5 Å². The first-order chi connectivity index (χ1) is 7.24. The largest absolute Gasteiger partial charge is 0.493 e. The van der Waals surface area contributed by atoms with Gasteiger partial charge in [0.25, 0.3) is 0 Å². The highest BCUT2D eigenvalue weighted by Crippen LogP contribution is 2.41. The van der Waals surface area contributed by atoms with Crippen LogP contribution >= 0.6 is 0 Å². The number of aliphatic hydroxyl groups is 1. The molecule has 82 valence electrons. The monoisotopic (exact) mass is 210 g/mol. The van der Waals surface area contributed by atoms with Gasteiger partial charge in [0.05, 0.1) is 13.7 Å². The van der Waals surface area contributed by atoms with Crippen LogP contribution in [-0.4, -0.2) is 24.9 Å². The SMILES string of the molecule is COc1cc(CO)cc2c1OCC(C)O2. The molecule has 0 spiro atoms. The van der Waals surface area contributed by atoms with Crippen molar-refractivity contribution in [3.63, 3.8) is 0 Å². The first-order valence-electron chi connectivity index (χ1n) is 4.86. The molecule has 4 heteroatoms. The molecule has 0 bridgehead atoms. The first kappa shape index (κ1) is 10.1. The van der Waals surface area contributed by atoms with E-state index in [4.69, 9.17) is 19.3 Å². The summed E-state index contributed by atoms with van der Waals surface area (Å²) < 4.78 is 16.3. The number of aliphatic hydroxyl groups excluding tert-OH is 1. The van der Waals surface area contributed by atoms with E-state index in [9.17, 15) is 0 Å². The zero-order chi connectivity index (χ0) is 10.8. The molecule has 1 N–H and O–H groups in total. The van der Waals surface area contributed by atoms with E-state index in [-0.39, 0.29) is 12.7 Å². The average Bonchev–Trinajstić information content (AvgIpc) is 2.26. The molecule has 1 heterocycles. The summed E-state index contributed by atoms with van der Waals surface area (Å²) in [6.45, 7) is 2.41. The van der Waals surface area contributed by atoms with Gasteiger partial charge >= 0.3 is 0 Å². The topological polar surface area (TPSA) is 47.9 Å². The molecule has 4 nitrogen and oxygen atoms in total. The summed E-state index contributed by atoms with van der Waals surface area (Å²) in [5, 5.41) is 9.07. The van der Waals surface area contributed by atoms with E-state index in [2.05, 4.69) is 0 Å². The van der Waals surface area contributed by atoms with Crippen LogP contribution in [0.25, 0.3) is 0 Å². The quantitative estimate of drug-likeness (QED) is 0.800. The number of hydrogen-bond acceptors (Lipinski definition) is 4. The normalized spacial score (nSPS) is 18.7. The molecule has 15 heavy (non-hydrogen) atoms. The molecule has 1 unspecified atom stereocenters. The standard InChI is InChI=1S/C11H14O4/c1-7-6-14-11-9(13-2)3-8(5-12)4-10(11)15-7/h3-4,7,12H,5-6H2,1-2H3. The van der Waals surface area contributed by atoms with Crippen molar-refractivity contribution in [2.45, 2.75) is 19.6 Å². The fraction of sp³-hybridized carbons (Fsp3) is 0.455. The number of fused-ring (bicyclic) bond motifs is 1. The lowest BCUT2D eigenvalue weighted by Crippen LogP contribution is -2.26. The maximum absolute atomic E-state index is 9.07. The number of hydrogen-bond donors (Lipinski definition) is 1. The molecule has 1 atom stereocenters. The molecule has 2 rings (SSSR count). The molecule has 1 aromatic rings. The van der Waals surface area contributed by atoms with E-state index in [0.717, 1.165) is 5.56 Å². The summed E-state index contributed by atoms with van der Waals surface area (Å²) in [7, 11) is 1.57. The van der Waals surface area contributed by atoms with E-state index in [1.165, 1.54) is 0 Å². The van der Waals surface area contributed by atoms with Crippen molar-refractivity contribution in [3.8, 4) is 17.2 Å².